The summed E-state index contributed by atoms with van der Waals surface area (Å²) in [7, 11) is 0. The maximum Gasteiger partial charge on any atom is 0.339 e. The van der Waals surface area contributed by atoms with Crippen molar-refractivity contribution in [1.29, 1.82) is 0 Å². The third kappa shape index (κ3) is 5.07. The summed E-state index contributed by atoms with van der Waals surface area (Å²) in [6, 6.07) is 9.18. The van der Waals surface area contributed by atoms with Gasteiger partial charge < -0.3 is 39.5 Å². The summed E-state index contributed by atoms with van der Waals surface area (Å²) in [5.74, 6) is -2.69. The van der Waals surface area contributed by atoms with Crippen LogP contribution in [-0.4, -0.2) is 30.6 Å². The Balaban J connectivity index is 1.87. The summed E-state index contributed by atoms with van der Waals surface area (Å²) in [5, 5.41) is 59.6. The molecule has 0 bridgehead atoms. The Morgan fingerprint density at radius 1 is 0.583 bits per heavy atom. The number of phenols is 4. The predicted molar refractivity (Wildman–Crippen MR) is 130 cm³/mol. The van der Waals surface area contributed by atoms with Gasteiger partial charge in [-0.15, -0.1) is 0 Å². The monoisotopic (exact) mass is 490 g/mol. The molecule has 0 radical (unpaired) electrons. The maximum atomic E-state index is 12.0. The zero-order valence-corrected chi connectivity index (χ0v) is 18.2. The van der Waals surface area contributed by atoms with Gasteiger partial charge in [-0.25, -0.2) is 9.59 Å². The molecule has 10 nitrogen and oxygen atoms in total. The molecule has 0 saturated heterocycles. The van der Waals surface area contributed by atoms with Crippen molar-refractivity contribution in [1.82, 2.24) is 0 Å². The first-order valence-electron chi connectivity index (χ1n) is 10.3. The average Bonchev–Trinajstić information content (AvgIpc) is 2.80. The highest BCUT2D eigenvalue weighted by atomic mass is 16.4. The molecule has 0 saturated carbocycles. The molecule has 0 unspecified atom stereocenters. The van der Waals surface area contributed by atoms with Crippen molar-refractivity contribution in [3.05, 3.63) is 92.0 Å². The maximum absolute atomic E-state index is 12.0. The van der Waals surface area contributed by atoms with Crippen LogP contribution in [0.2, 0.25) is 0 Å². The molecular formula is C26H18O10. The van der Waals surface area contributed by atoms with Crippen LogP contribution in [0.25, 0.3) is 35.4 Å². The van der Waals surface area contributed by atoms with E-state index in [0.717, 1.165) is 24.3 Å². The van der Waals surface area contributed by atoms with Crippen molar-refractivity contribution in [2.75, 3.05) is 0 Å². The van der Waals surface area contributed by atoms with Crippen LogP contribution >= 0.6 is 0 Å². The Morgan fingerprint density at radius 2 is 1.28 bits per heavy atom. The van der Waals surface area contributed by atoms with Gasteiger partial charge in [0, 0.05) is 11.6 Å². The molecule has 0 fully saturated rings. The van der Waals surface area contributed by atoms with E-state index in [9.17, 15) is 40.2 Å². The number of hydrogen-bond donors (Lipinski definition) is 6. The Kier molecular flexibility index (Phi) is 6.25. The SMILES string of the molecule is O=c1cc(O)cc(/C=C\c2cc(O)c(O)cc2-c2c(O)cc(=O)oc2/C=C/c2ccc(O)c(O)c2)o1. The highest BCUT2D eigenvalue weighted by Crippen LogP contribution is 2.41. The second-order valence-corrected chi connectivity index (χ2v) is 7.57. The van der Waals surface area contributed by atoms with Gasteiger partial charge in [-0.3, -0.25) is 0 Å². The smallest absolute Gasteiger partial charge is 0.339 e. The second-order valence-electron chi connectivity index (χ2n) is 7.57. The van der Waals surface area contributed by atoms with Crippen LogP contribution in [0.1, 0.15) is 22.6 Å². The normalized spacial score (nSPS) is 11.4. The summed E-state index contributed by atoms with van der Waals surface area (Å²) in [4.78, 5) is 23.5. The molecule has 0 atom stereocenters. The first kappa shape index (κ1) is 23.8. The van der Waals surface area contributed by atoms with E-state index in [4.69, 9.17) is 8.83 Å². The third-order valence-corrected chi connectivity index (χ3v) is 5.01. The van der Waals surface area contributed by atoms with E-state index in [-0.39, 0.29) is 45.5 Å². The first-order valence-corrected chi connectivity index (χ1v) is 10.3. The molecule has 2 aromatic carbocycles. The summed E-state index contributed by atoms with van der Waals surface area (Å²) in [5.41, 5.74) is -0.934. The van der Waals surface area contributed by atoms with Crippen molar-refractivity contribution in [2.24, 2.45) is 0 Å². The average molecular weight is 490 g/mol. The number of hydrogen-bond acceptors (Lipinski definition) is 10. The number of benzene rings is 2. The van der Waals surface area contributed by atoms with Gasteiger partial charge in [-0.2, -0.15) is 0 Å². The van der Waals surface area contributed by atoms with Crippen LogP contribution in [0, 0.1) is 0 Å². The van der Waals surface area contributed by atoms with Gasteiger partial charge in [0.2, 0.25) is 0 Å². The molecule has 0 aliphatic heterocycles. The Labute approximate surface area is 201 Å². The van der Waals surface area contributed by atoms with Gasteiger partial charge >= 0.3 is 11.3 Å². The van der Waals surface area contributed by atoms with Gasteiger partial charge in [0.15, 0.2) is 23.0 Å². The van der Waals surface area contributed by atoms with Crippen LogP contribution in [-0.2, 0) is 0 Å². The standard InChI is InChI=1S/C26H18O10/c27-15-9-16(35-24(33)10-15)4-3-14-8-20(30)21(31)11-17(14)26-22(32)12-25(34)36-23(26)6-2-13-1-5-18(28)19(29)7-13/h1-12,27-32H/b4-3-,6-2+. The zero-order valence-electron chi connectivity index (χ0n) is 18.2. The molecule has 0 aliphatic rings. The van der Waals surface area contributed by atoms with Gasteiger partial charge in [0.25, 0.3) is 0 Å². The lowest BCUT2D eigenvalue weighted by Crippen LogP contribution is -2.00. The van der Waals surface area contributed by atoms with Crippen LogP contribution in [0.15, 0.2) is 67.0 Å². The fraction of sp³-hybridized carbons (Fsp3) is 0. The lowest BCUT2D eigenvalue weighted by molar-refractivity contribution is 0.403. The Bertz CT molecular complexity index is 1640. The van der Waals surface area contributed by atoms with Gasteiger partial charge in [-0.05, 0) is 47.5 Å². The van der Waals surface area contributed by atoms with Crippen molar-refractivity contribution in [3.8, 4) is 45.6 Å². The molecule has 36 heavy (non-hydrogen) atoms. The second kappa shape index (κ2) is 9.47. The van der Waals surface area contributed by atoms with E-state index in [1.165, 1.54) is 48.6 Å². The fourth-order valence-corrected chi connectivity index (χ4v) is 3.39. The summed E-state index contributed by atoms with van der Waals surface area (Å²) in [6.45, 7) is 0. The van der Waals surface area contributed by atoms with E-state index in [2.05, 4.69) is 0 Å². The predicted octanol–water partition coefficient (Wildman–Crippen LogP) is 3.83. The summed E-state index contributed by atoms with van der Waals surface area (Å²) in [6.07, 6.45) is 5.45. The molecule has 6 N–H and O–H groups in total. The molecule has 0 aliphatic carbocycles. The van der Waals surface area contributed by atoms with Crippen LogP contribution in [0.4, 0.5) is 0 Å². The van der Waals surface area contributed by atoms with Crippen LogP contribution < -0.4 is 11.3 Å². The number of aromatic hydroxyl groups is 6. The van der Waals surface area contributed by atoms with Crippen LogP contribution in [0.5, 0.6) is 34.5 Å². The van der Waals surface area contributed by atoms with Crippen molar-refractivity contribution >= 4 is 24.3 Å². The summed E-state index contributed by atoms with van der Waals surface area (Å²) < 4.78 is 10.2. The number of phenolic OH excluding ortho intramolecular Hbond substituents is 4. The lowest BCUT2D eigenvalue weighted by atomic mass is 9.96. The fourth-order valence-electron chi connectivity index (χ4n) is 3.39. The minimum atomic E-state index is -0.869. The molecule has 4 aromatic rings. The molecule has 10 heteroatoms. The Hall–Kier alpha value is -5.38. The van der Waals surface area contributed by atoms with Gasteiger partial charge in [0.1, 0.15) is 23.0 Å². The summed E-state index contributed by atoms with van der Waals surface area (Å²) >= 11 is 0. The zero-order chi connectivity index (χ0) is 26.0. The highest BCUT2D eigenvalue weighted by Gasteiger charge is 2.18. The largest absolute Gasteiger partial charge is 0.508 e. The topological polar surface area (TPSA) is 182 Å². The molecule has 0 amide bonds. The molecular weight excluding hydrogens is 472 g/mol. The molecule has 4 rings (SSSR count). The van der Waals surface area contributed by atoms with Gasteiger partial charge in [0.05, 0.1) is 17.7 Å². The van der Waals surface area contributed by atoms with E-state index in [1.54, 1.807) is 0 Å². The molecule has 2 heterocycles. The first-order chi connectivity index (χ1) is 17.1. The molecule has 182 valence electrons. The minimum Gasteiger partial charge on any atom is -0.508 e. The molecule has 0 spiro atoms. The van der Waals surface area contributed by atoms with Crippen molar-refractivity contribution < 1.29 is 39.5 Å². The quantitative estimate of drug-likeness (QED) is 0.225. The van der Waals surface area contributed by atoms with Crippen molar-refractivity contribution in [3.63, 3.8) is 0 Å². The minimum absolute atomic E-state index is 0.0189. The number of rotatable bonds is 5. The third-order valence-electron chi connectivity index (χ3n) is 5.01. The highest BCUT2D eigenvalue weighted by molar-refractivity contribution is 5.89. The van der Waals surface area contributed by atoms with E-state index in [0.29, 0.717) is 5.56 Å². The van der Waals surface area contributed by atoms with Crippen molar-refractivity contribution in [2.45, 2.75) is 0 Å². The van der Waals surface area contributed by atoms with E-state index < -0.39 is 28.5 Å². The molecule has 2 aromatic heterocycles. The van der Waals surface area contributed by atoms with E-state index >= 15 is 0 Å². The van der Waals surface area contributed by atoms with E-state index in [1.807, 2.05) is 0 Å². The Morgan fingerprint density at radius 3 is 2.00 bits per heavy atom. The lowest BCUT2D eigenvalue weighted by Gasteiger charge is -2.12. The van der Waals surface area contributed by atoms with Crippen LogP contribution in [0.3, 0.4) is 0 Å². The van der Waals surface area contributed by atoms with Gasteiger partial charge in [-0.1, -0.05) is 18.2 Å².